The third-order valence-electron chi connectivity index (χ3n) is 13.4. The van der Waals surface area contributed by atoms with Gasteiger partial charge in [-0.15, -0.1) is 11.3 Å². The molecule has 2 N–H and O–H groups in total. The van der Waals surface area contributed by atoms with Crippen LogP contribution in [0.1, 0.15) is 76.8 Å². The monoisotopic (exact) mass is 1050 g/mol. The number of hydrazine groups is 1. The summed E-state index contributed by atoms with van der Waals surface area (Å²) in [5, 5.41) is 8.50. The molecule has 8 rings (SSSR count). The fourth-order valence-corrected chi connectivity index (χ4v) is 10.9. The molecule has 0 saturated carbocycles. The number of pyridine rings is 1. The molecule has 5 atom stereocenters. The molecule has 3 aromatic heterocycles. The van der Waals surface area contributed by atoms with E-state index in [0.717, 1.165) is 101 Å². The molecule has 380 valence electrons. The molecule has 21 heteroatoms. The number of fused-ring (bicyclic) bond motifs is 6. The van der Waals surface area contributed by atoms with Crippen LogP contribution in [0.2, 0.25) is 0 Å². The number of cyclic esters (lactones) is 1. The normalized spacial score (nSPS) is 22.8. The van der Waals surface area contributed by atoms with E-state index < -0.39 is 23.5 Å². The van der Waals surface area contributed by atoms with E-state index in [1.54, 1.807) is 7.11 Å². The van der Waals surface area contributed by atoms with E-state index in [1.807, 2.05) is 37.2 Å². The molecule has 3 saturated heterocycles. The summed E-state index contributed by atoms with van der Waals surface area (Å²) in [4.78, 5) is 61.6. The summed E-state index contributed by atoms with van der Waals surface area (Å²) in [6.07, 6.45) is 3.69. The highest BCUT2D eigenvalue weighted by atomic mass is 32.1. The van der Waals surface area contributed by atoms with Gasteiger partial charge in [0, 0.05) is 111 Å². The standard InChI is InChI=1S/C47H66N10O5S.5H2S/c1-10-55-40-14-13-32-20-34(40)36(43(55)35-21-33(24-48-42(35)31(4)61-9)54-18-16-52(7)17-19-54)23-47(5,6)28-62-45(59)37-12-11-15-56(51-37)44(58)38(22-41-49-39(32)27-63-41)50-46(60)57-29(2)25-53(8)26-30(57)3;;;;;/h13-14,20-21,24,27,29-31,37-38,51H,10-12,15-19,22-23,25-26,28H2,1-9H3,(H,50,60);5*1H2/t29-,30-,31-,37-,38-;;;;;/m0...../s1. The Morgan fingerprint density at radius 1 is 1.00 bits per heavy atom. The maximum atomic E-state index is 14.5. The van der Waals surface area contributed by atoms with Gasteiger partial charge in [0.15, 0.2) is 0 Å². The molecule has 4 aromatic rings. The number of carbonyl (C=O) groups is 3. The van der Waals surface area contributed by atoms with E-state index in [9.17, 15) is 14.4 Å². The lowest BCUT2D eigenvalue weighted by Gasteiger charge is -2.43. The van der Waals surface area contributed by atoms with Gasteiger partial charge in [0.1, 0.15) is 12.1 Å². The highest BCUT2D eigenvalue weighted by molar-refractivity contribution is 7.60. The Kier molecular flexibility index (Phi) is 21.9. The number of nitrogens with zero attached hydrogens (tertiary/aromatic N) is 8. The Morgan fingerprint density at radius 2 is 1.69 bits per heavy atom. The first-order valence-electron chi connectivity index (χ1n) is 22.7. The number of hydrogen-bond donors (Lipinski definition) is 2. The first-order chi connectivity index (χ1) is 30.1. The van der Waals surface area contributed by atoms with Gasteiger partial charge >= 0.3 is 12.0 Å². The van der Waals surface area contributed by atoms with Crippen molar-refractivity contribution in [1.29, 1.82) is 0 Å². The number of ether oxygens (including phenoxy) is 2. The number of carbonyl (C=O) groups excluding carboxylic acids is 3. The first kappa shape index (κ1) is 59.4. The second-order valence-corrected chi connectivity index (χ2v) is 20.0. The van der Waals surface area contributed by atoms with Crippen LogP contribution in [0.3, 0.4) is 0 Å². The minimum absolute atomic E-state index is 0. The zero-order chi connectivity index (χ0) is 44.7. The van der Waals surface area contributed by atoms with Gasteiger partial charge in [0.2, 0.25) is 0 Å². The van der Waals surface area contributed by atoms with Gasteiger partial charge < -0.3 is 39.0 Å². The number of esters is 1. The third kappa shape index (κ3) is 12.6. The number of benzene rings is 1. The number of anilines is 1. The Morgan fingerprint density at radius 3 is 2.35 bits per heavy atom. The molecule has 0 spiro atoms. The van der Waals surface area contributed by atoms with Gasteiger partial charge in [0.05, 0.1) is 46.7 Å². The van der Waals surface area contributed by atoms with E-state index in [1.165, 1.54) is 16.3 Å². The van der Waals surface area contributed by atoms with Crippen LogP contribution in [0, 0.1) is 5.41 Å². The van der Waals surface area contributed by atoms with Crippen molar-refractivity contribution in [3.63, 3.8) is 0 Å². The number of aromatic nitrogens is 3. The summed E-state index contributed by atoms with van der Waals surface area (Å²) in [5.74, 6) is -0.702. The van der Waals surface area contributed by atoms with Gasteiger partial charge in [-0.1, -0.05) is 19.9 Å². The van der Waals surface area contributed by atoms with Crippen molar-refractivity contribution >= 4 is 113 Å². The molecular formula is C47H76N10O5S6. The number of amides is 3. The Balaban J connectivity index is 0.00000245. The molecule has 68 heavy (non-hydrogen) atoms. The molecule has 0 aliphatic carbocycles. The van der Waals surface area contributed by atoms with Crippen LogP contribution in [-0.4, -0.2) is 150 Å². The van der Waals surface area contributed by atoms with Gasteiger partial charge in [-0.3, -0.25) is 19.6 Å². The number of thiazole rings is 1. The molecule has 0 radical (unpaired) electrons. The Labute approximate surface area is 442 Å². The lowest BCUT2D eigenvalue weighted by atomic mass is 9.84. The molecule has 4 aliphatic rings. The summed E-state index contributed by atoms with van der Waals surface area (Å²) in [6, 6.07) is 6.88. The zero-order valence-electron chi connectivity index (χ0n) is 41.1. The minimum atomic E-state index is -0.912. The number of rotatable bonds is 6. The van der Waals surface area contributed by atoms with E-state index in [-0.39, 0.29) is 111 Å². The number of nitrogens with one attached hydrogen (secondary N) is 2. The molecule has 6 bridgehead atoms. The van der Waals surface area contributed by atoms with Crippen molar-refractivity contribution in [1.82, 2.24) is 45.0 Å². The molecular weight excluding hydrogens is 977 g/mol. The lowest BCUT2D eigenvalue weighted by Crippen LogP contribution is -2.64. The zero-order valence-corrected chi connectivity index (χ0v) is 46.9. The Hall–Kier alpha value is -2.86. The van der Waals surface area contributed by atoms with E-state index in [0.29, 0.717) is 25.8 Å². The van der Waals surface area contributed by atoms with Gasteiger partial charge in [0.25, 0.3) is 5.91 Å². The maximum absolute atomic E-state index is 14.5. The third-order valence-corrected chi connectivity index (χ3v) is 14.3. The van der Waals surface area contributed by atoms with Crippen molar-refractivity contribution in [3.05, 3.63) is 52.1 Å². The largest absolute Gasteiger partial charge is 0.464 e. The molecule has 0 unspecified atom stereocenters. The number of aryl methyl sites for hydroxylation is 1. The van der Waals surface area contributed by atoms with Crippen LogP contribution in [0.5, 0.6) is 0 Å². The molecule has 1 aromatic carbocycles. The van der Waals surface area contributed by atoms with Gasteiger partial charge in [-0.25, -0.2) is 15.2 Å². The molecule has 15 nitrogen and oxygen atoms in total. The number of urea groups is 1. The maximum Gasteiger partial charge on any atom is 0.324 e. The SMILES string of the molecule is CCn1c(-c2cc(N3CCN(C)CC3)cnc2[C@H](C)OC)c2c3cc(ccc31)-c1csc(n1)C[C@H](NC(=O)N1[C@@H](C)CN(C)C[C@@H]1C)C(=O)N1CCC[C@H](N1)C(=O)OCC(C)(C)C2.S.S.S.S.S. The highest BCUT2D eigenvalue weighted by Crippen LogP contribution is 2.43. The van der Waals surface area contributed by atoms with Crippen LogP contribution < -0.4 is 15.6 Å². The topological polar surface area (TPSA) is 141 Å². The van der Waals surface area contributed by atoms with Crippen molar-refractivity contribution in [2.24, 2.45) is 5.41 Å². The van der Waals surface area contributed by atoms with Crippen LogP contribution in [0.15, 0.2) is 35.8 Å². The van der Waals surface area contributed by atoms with Gasteiger partial charge in [-0.2, -0.15) is 67.5 Å². The highest BCUT2D eigenvalue weighted by Gasteiger charge is 2.38. The number of methoxy groups -OCH3 is 1. The molecule has 3 amide bonds. The quantitative estimate of drug-likeness (QED) is 0.216. The first-order valence-corrected chi connectivity index (χ1v) is 23.6. The number of hydrogen-bond acceptors (Lipinski definition) is 12. The average molecular weight is 1050 g/mol. The lowest BCUT2D eigenvalue weighted by molar-refractivity contribution is -0.155. The molecule has 4 aliphatic heterocycles. The van der Waals surface area contributed by atoms with Gasteiger partial charge in [-0.05, 0) is 84.8 Å². The fraction of sp³-hybridized carbons (Fsp3) is 0.596. The number of piperazine rings is 2. The van der Waals surface area contributed by atoms with Crippen LogP contribution in [-0.2, 0) is 38.4 Å². The summed E-state index contributed by atoms with van der Waals surface area (Å²) < 4.78 is 14.6. The summed E-state index contributed by atoms with van der Waals surface area (Å²) in [6.45, 7) is 19.2. The second-order valence-electron chi connectivity index (χ2n) is 19.0. The summed E-state index contributed by atoms with van der Waals surface area (Å²) in [5.41, 5.74) is 10.8. The van der Waals surface area contributed by atoms with Crippen LogP contribution in [0.4, 0.5) is 10.5 Å². The summed E-state index contributed by atoms with van der Waals surface area (Å²) in [7, 11) is 5.95. The van der Waals surface area contributed by atoms with Crippen molar-refractivity contribution in [2.45, 2.75) is 104 Å². The fourth-order valence-electron chi connectivity index (χ4n) is 10.0. The minimum Gasteiger partial charge on any atom is -0.464 e. The van der Waals surface area contributed by atoms with E-state index in [2.05, 4.69) is 89.1 Å². The van der Waals surface area contributed by atoms with Crippen LogP contribution >= 0.6 is 78.8 Å². The average Bonchev–Trinajstić information content (AvgIpc) is 3.85. The predicted octanol–water partition coefficient (Wildman–Crippen LogP) is 6.14. The van der Waals surface area contributed by atoms with Crippen molar-refractivity contribution in [3.8, 4) is 22.5 Å². The van der Waals surface area contributed by atoms with Crippen molar-refractivity contribution in [2.75, 3.05) is 78.5 Å². The van der Waals surface area contributed by atoms with E-state index >= 15 is 0 Å². The Bertz CT molecular complexity index is 2330. The van der Waals surface area contributed by atoms with Crippen LogP contribution in [0.25, 0.3) is 33.4 Å². The second kappa shape index (κ2) is 25.0. The summed E-state index contributed by atoms with van der Waals surface area (Å²) >= 11 is 1.49. The van der Waals surface area contributed by atoms with E-state index in [4.69, 9.17) is 19.4 Å². The predicted molar refractivity (Wildman–Crippen MR) is 300 cm³/mol. The molecule has 7 heterocycles. The van der Waals surface area contributed by atoms with Crippen molar-refractivity contribution < 1.29 is 23.9 Å². The number of likely N-dealkylation sites (N-methyl/N-ethyl adjacent to an activating group) is 2. The molecule has 3 fully saturated rings. The smallest absolute Gasteiger partial charge is 0.324 e.